The molecule has 1 heteroatoms. The summed E-state index contributed by atoms with van der Waals surface area (Å²) in [7, 11) is 0. The van der Waals surface area contributed by atoms with E-state index in [-0.39, 0.29) is 0 Å². The molecule has 0 N–H and O–H groups in total. The molecule has 0 saturated heterocycles. The number of fused-ring (bicyclic) bond motifs is 1. The maximum atomic E-state index is 6.09. The first-order valence-corrected chi connectivity index (χ1v) is 6.47. The molecule has 0 radical (unpaired) electrons. The number of allylic oxidation sites excluding steroid dienone is 1. The van der Waals surface area contributed by atoms with E-state index in [1.807, 2.05) is 0 Å². The van der Waals surface area contributed by atoms with Crippen molar-refractivity contribution in [3.05, 3.63) is 40.0 Å². The summed E-state index contributed by atoms with van der Waals surface area (Å²) in [5.41, 5.74) is 7.11. The van der Waals surface area contributed by atoms with E-state index in [2.05, 4.69) is 45.9 Å². The van der Waals surface area contributed by atoms with Crippen LogP contribution in [0.2, 0.25) is 0 Å². The molecule has 0 amide bonds. The fraction of sp³-hybridized carbons (Fsp3) is 0.467. The SMILES string of the molecule is CC1=Cc2c(C(C)C)ccc(C)c2C1CCl. The van der Waals surface area contributed by atoms with Crippen LogP contribution in [0.5, 0.6) is 0 Å². The number of hydrogen-bond donors (Lipinski definition) is 0. The molecule has 1 atom stereocenters. The van der Waals surface area contributed by atoms with Gasteiger partial charge in [0.05, 0.1) is 0 Å². The summed E-state index contributed by atoms with van der Waals surface area (Å²) < 4.78 is 0. The van der Waals surface area contributed by atoms with Gasteiger partial charge in [0, 0.05) is 11.8 Å². The van der Waals surface area contributed by atoms with Crippen molar-refractivity contribution < 1.29 is 0 Å². The Balaban J connectivity index is 2.64. The molecule has 86 valence electrons. The maximum absolute atomic E-state index is 6.09. The highest BCUT2D eigenvalue weighted by atomic mass is 35.5. The molecule has 1 unspecified atom stereocenters. The zero-order valence-corrected chi connectivity index (χ0v) is 11.2. The van der Waals surface area contributed by atoms with E-state index in [1.54, 1.807) is 0 Å². The van der Waals surface area contributed by atoms with E-state index in [1.165, 1.54) is 27.8 Å². The van der Waals surface area contributed by atoms with Crippen LogP contribution in [0.4, 0.5) is 0 Å². The molecule has 0 spiro atoms. The predicted molar refractivity (Wildman–Crippen MR) is 72.4 cm³/mol. The largest absolute Gasteiger partial charge is 0.126 e. The van der Waals surface area contributed by atoms with Crippen molar-refractivity contribution in [2.45, 2.75) is 39.5 Å². The smallest absolute Gasteiger partial charge is 0.0330 e. The summed E-state index contributed by atoms with van der Waals surface area (Å²) in [5.74, 6) is 1.69. The van der Waals surface area contributed by atoms with Crippen molar-refractivity contribution in [2.24, 2.45) is 0 Å². The van der Waals surface area contributed by atoms with Crippen LogP contribution >= 0.6 is 11.6 Å². The second-order valence-corrected chi connectivity index (χ2v) is 5.36. The van der Waals surface area contributed by atoms with Crippen LogP contribution in [-0.2, 0) is 0 Å². The first-order chi connectivity index (χ1) is 7.56. The average Bonchev–Trinajstić information content (AvgIpc) is 2.55. The molecule has 0 fully saturated rings. The van der Waals surface area contributed by atoms with E-state index in [0.717, 1.165) is 0 Å². The van der Waals surface area contributed by atoms with Crippen LogP contribution < -0.4 is 0 Å². The van der Waals surface area contributed by atoms with Crippen molar-refractivity contribution in [3.8, 4) is 0 Å². The number of benzene rings is 1. The van der Waals surface area contributed by atoms with Gasteiger partial charge in [-0.25, -0.2) is 0 Å². The summed E-state index contributed by atoms with van der Waals surface area (Å²) in [6, 6.07) is 4.50. The number of rotatable bonds is 2. The van der Waals surface area contributed by atoms with E-state index >= 15 is 0 Å². The Bertz CT molecular complexity index is 441. The van der Waals surface area contributed by atoms with Gasteiger partial charge in [0.1, 0.15) is 0 Å². The monoisotopic (exact) mass is 234 g/mol. The minimum Gasteiger partial charge on any atom is -0.126 e. The Labute approximate surface area is 103 Å². The van der Waals surface area contributed by atoms with Gasteiger partial charge in [-0.1, -0.05) is 37.6 Å². The summed E-state index contributed by atoms with van der Waals surface area (Å²) in [5, 5.41) is 0. The van der Waals surface area contributed by atoms with E-state index in [9.17, 15) is 0 Å². The van der Waals surface area contributed by atoms with Gasteiger partial charge in [-0.05, 0) is 42.0 Å². The lowest BCUT2D eigenvalue weighted by atomic mass is 9.89. The molecule has 1 aliphatic carbocycles. The van der Waals surface area contributed by atoms with Gasteiger partial charge in [0.15, 0.2) is 0 Å². The molecule has 1 aliphatic rings. The summed E-state index contributed by atoms with van der Waals surface area (Å²) in [6.45, 7) is 8.88. The minimum atomic E-state index is 0.426. The number of aryl methyl sites for hydroxylation is 1. The second-order valence-electron chi connectivity index (χ2n) is 5.05. The lowest BCUT2D eigenvalue weighted by Gasteiger charge is -2.17. The molecule has 16 heavy (non-hydrogen) atoms. The Hall–Kier alpha value is -0.750. The summed E-state index contributed by atoms with van der Waals surface area (Å²) in [4.78, 5) is 0. The molecule has 0 aliphatic heterocycles. The Morgan fingerprint density at radius 1 is 1.25 bits per heavy atom. The molecule has 0 saturated carbocycles. The highest BCUT2D eigenvalue weighted by Crippen LogP contribution is 2.41. The molecule has 1 aromatic rings. The van der Waals surface area contributed by atoms with Crippen LogP contribution in [-0.4, -0.2) is 5.88 Å². The lowest BCUT2D eigenvalue weighted by Crippen LogP contribution is -2.03. The predicted octanol–water partition coefficient (Wildman–Crippen LogP) is 4.86. The molecule has 0 aromatic heterocycles. The van der Waals surface area contributed by atoms with Crippen molar-refractivity contribution in [1.82, 2.24) is 0 Å². The Morgan fingerprint density at radius 3 is 2.50 bits per heavy atom. The van der Waals surface area contributed by atoms with Crippen molar-refractivity contribution >= 4 is 17.7 Å². The van der Waals surface area contributed by atoms with E-state index in [4.69, 9.17) is 11.6 Å². The van der Waals surface area contributed by atoms with Gasteiger partial charge in [-0.2, -0.15) is 0 Å². The Morgan fingerprint density at radius 2 is 1.94 bits per heavy atom. The molecule has 2 rings (SSSR count). The van der Waals surface area contributed by atoms with Crippen molar-refractivity contribution in [1.29, 1.82) is 0 Å². The van der Waals surface area contributed by atoms with Gasteiger partial charge < -0.3 is 0 Å². The number of alkyl halides is 1. The fourth-order valence-electron chi connectivity index (χ4n) is 2.64. The number of hydrogen-bond acceptors (Lipinski definition) is 0. The van der Waals surface area contributed by atoms with Gasteiger partial charge >= 0.3 is 0 Å². The highest BCUT2D eigenvalue weighted by molar-refractivity contribution is 6.18. The number of halogens is 1. The van der Waals surface area contributed by atoms with E-state index in [0.29, 0.717) is 17.7 Å². The van der Waals surface area contributed by atoms with Crippen LogP contribution in [0.3, 0.4) is 0 Å². The van der Waals surface area contributed by atoms with Crippen LogP contribution in [0.1, 0.15) is 54.9 Å². The Kier molecular flexibility index (Phi) is 3.12. The van der Waals surface area contributed by atoms with Gasteiger partial charge in [0.25, 0.3) is 0 Å². The normalized spacial score (nSPS) is 18.9. The van der Waals surface area contributed by atoms with Gasteiger partial charge in [-0.15, -0.1) is 11.6 Å². The average molecular weight is 235 g/mol. The van der Waals surface area contributed by atoms with Crippen molar-refractivity contribution in [2.75, 3.05) is 5.88 Å². The topological polar surface area (TPSA) is 0 Å². The van der Waals surface area contributed by atoms with Gasteiger partial charge in [0.2, 0.25) is 0 Å². The van der Waals surface area contributed by atoms with Crippen LogP contribution in [0.15, 0.2) is 17.7 Å². The van der Waals surface area contributed by atoms with E-state index < -0.39 is 0 Å². The first-order valence-electron chi connectivity index (χ1n) is 5.93. The molecule has 1 aromatic carbocycles. The highest BCUT2D eigenvalue weighted by Gasteiger charge is 2.25. The zero-order valence-electron chi connectivity index (χ0n) is 10.5. The quantitative estimate of drug-likeness (QED) is 0.642. The lowest BCUT2D eigenvalue weighted by molar-refractivity contribution is 0.851. The molecular formula is C15H19Cl. The third kappa shape index (κ3) is 1.69. The maximum Gasteiger partial charge on any atom is 0.0330 e. The van der Waals surface area contributed by atoms with Gasteiger partial charge in [-0.3, -0.25) is 0 Å². The standard InChI is InChI=1S/C15H19Cl/c1-9(2)12-6-5-10(3)15-13(12)7-11(4)14(15)8-16/h5-7,9,14H,8H2,1-4H3. The van der Waals surface area contributed by atoms with Crippen LogP contribution in [0, 0.1) is 6.92 Å². The zero-order chi connectivity index (χ0) is 11.9. The van der Waals surface area contributed by atoms with Crippen LogP contribution in [0.25, 0.3) is 6.08 Å². The third-order valence-corrected chi connectivity index (χ3v) is 3.89. The molecule has 0 nitrogen and oxygen atoms in total. The minimum absolute atomic E-state index is 0.426. The molecular weight excluding hydrogens is 216 g/mol. The fourth-order valence-corrected chi connectivity index (χ4v) is 3.04. The summed E-state index contributed by atoms with van der Waals surface area (Å²) >= 11 is 6.09. The third-order valence-electron chi connectivity index (χ3n) is 3.59. The molecule has 0 bridgehead atoms. The first kappa shape index (κ1) is 11.7. The second kappa shape index (κ2) is 4.25. The summed E-state index contributed by atoms with van der Waals surface area (Å²) in [6.07, 6.45) is 2.32. The van der Waals surface area contributed by atoms with Crippen molar-refractivity contribution in [3.63, 3.8) is 0 Å². The molecule has 0 heterocycles.